The molecule has 1 fully saturated rings. The van der Waals surface area contributed by atoms with Gasteiger partial charge >= 0.3 is 12.1 Å². The smallest absolute Gasteiger partial charge is 0.395 e. The van der Waals surface area contributed by atoms with Gasteiger partial charge in [-0.25, -0.2) is 9.78 Å². The van der Waals surface area contributed by atoms with Gasteiger partial charge in [0.05, 0.1) is 18.5 Å². The summed E-state index contributed by atoms with van der Waals surface area (Å²) in [5.74, 6) is 0.474. The van der Waals surface area contributed by atoms with Gasteiger partial charge in [-0.1, -0.05) is 12.1 Å². The largest absolute Gasteiger partial charge is 0.419 e. The van der Waals surface area contributed by atoms with Crippen LogP contribution in [0.3, 0.4) is 0 Å². The Morgan fingerprint density at radius 3 is 2.88 bits per heavy atom. The SMILES string of the molecule is N#Cc1cnc(OC(=O)Nc2ccc(C3CCN(CCO)CC3)cc2C2=CCCCC2)[nH]1. The summed E-state index contributed by atoms with van der Waals surface area (Å²) < 4.78 is 5.21. The number of H-pyrrole nitrogens is 1. The fourth-order valence-corrected chi connectivity index (χ4v) is 4.54. The highest BCUT2D eigenvalue weighted by atomic mass is 16.6. The van der Waals surface area contributed by atoms with Crippen LogP contribution in [-0.2, 0) is 0 Å². The number of piperidine rings is 1. The van der Waals surface area contributed by atoms with Crippen molar-refractivity contribution in [1.82, 2.24) is 14.9 Å². The summed E-state index contributed by atoms with van der Waals surface area (Å²) in [4.78, 5) is 21.3. The minimum atomic E-state index is -0.647. The highest BCUT2D eigenvalue weighted by Crippen LogP contribution is 2.36. The molecule has 1 amide bonds. The van der Waals surface area contributed by atoms with E-state index in [0.717, 1.165) is 63.0 Å². The van der Waals surface area contributed by atoms with Gasteiger partial charge in [0.2, 0.25) is 0 Å². The zero-order valence-electron chi connectivity index (χ0n) is 18.1. The number of nitrogens with one attached hydrogen (secondary N) is 2. The molecule has 2 aliphatic rings. The molecule has 0 bridgehead atoms. The highest BCUT2D eigenvalue weighted by molar-refractivity contribution is 5.91. The second-order valence-corrected chi connectivity index (χ2v) is 8.35. The second-order valence-electron chi connectivity index (χ2n) is 8.35. The molecule has 8 nitrogen and oxygen atoms in total. The molecule has 1 saturated heterocycles. The van der Waals surface area contributed by atoms with Crippen LogP contribution in [0.4, 0.5) is 10.5 Å². The van der Waals surface area contributed by atoms with Crippen molar-refractivity contribution in [3.63, 3.8) is 0 Å². The number of amides is 1. The van der Waals surface area contributed by atoms with E-state index >= 15 is 0 Å². The zero-order valence-corrected chi connectivity index (χ0v) is 18.1. The van der Waals surface area contributed by atoms with Crippen LogP contribution in [0.1, 0.15) is 61.3 Å². The predicted molar refractivity (Wildman–Crippen MR) is 121 cm³/mol. The van der Waals surface area contributed by atoms with Crippen LogP contribution in [0.2, 0.25) is 0 Å². The molecular weight excluding hydrogens is 406 g/mol. The molecule has 8 heteroatoms. The van der Waals surface area contributed by atoms with E-state index in [4.69, 9.17) is 10.00 Å². The molecule has 0 spiro atoms. The lowest BCUT2D eigenvalue weighted by atomic mass is 9.85. The first-order valence-electron chi connectivity index (χ1n) is 11.3. The van der Waals surface area contributed by atoms with E-state index < -0.39 is 6.09 Å². The van der Waals surface area contributed by atoms with E-state index in [-0.39, 0.29) is 18.3 Å². The topological polar surface area (TPSA) is 114 Å². The fraction of sp³-hybridized carbons (Fsp3) is 0.458. The lowest BCUT2D eigenvalue weighted by Gasteiger charge is -2.32. The number of aromatic amines is 1. The van der Waals surface area contributed by atoms with Crippen LogP contribution < -0.4 is 10.1 Å². The van der Waals surface area contributed by atoms with Gasteiger partial charge in [0.15, 0.2) is 0 Å². The molecule has 1 aliphatic heterocycles. The van der Waals surface area contributed by atoms with E-state index in [1.165, 1.54) is 23.8 Å². The molecule has 1 aromatic heterocycles. The van der Waals surface area contributed by atoms with Crippen LogP contribution in [0.15, 0.2) is 30.5 Å². The minimum Gasteiger partial charge on any atom is -0.395 e. The van der Waals surface area contributed by atoms with E-state index in [2.05, 4.69) is 38.4 Å². The number of benzene rings is 1. The Labute approximate surface area is 187 Å². The summed E-state index contributed by atoms with van der Waals surface area (Å²) in [6, 6.07) is 8.18. The number of carbonyl (C=O) groups is 1. The van der Waals surface area contributed by atoms with Crippen LogP contribution in [0.5, 0.6) is 6.01 Å². The molecule has 3 N–H and O–H groups in total. The molecule has 1 aliphatic carbocycles. The number of rotatable bonds is 6. The fourth-order valence-electron chi connectivity index (χ4n) is 4.54. The normalized spacial score (nSPS) is 17.4. The molecule has 4 rings (SSSR count). The van der Waals surface area contributed by atoms with Crippen molar-refractivity contribution in [2.75, 3.05) is 31.6 Å². The molecule has 0 saturated carbocycles. The van der Waals surface area contributed by atoms with E-state index in [0.29, 0.717) is 5.92 Å². The Balaban J connectivity index is 1.52. The summed E-state index contributed by atoms with van der Waals surface area (Å²) in [6.07, 6.45) is 9.44. The number of imidazole rings is 1. The number of nitriles is 1. The summed E-state index contributed by atoms with van der Waals surface area (Å²) in [6.45, 7) is 2.92. The van der Waals surface area contributed by atoms with Crippen LogP contribution in [0, 0.1) is 11.3 Å². The van der Waals surface area contributed by atoms with Gasteiger partial charge in [-0.3, -0.25) is 10.3 Å². The molecule has 32 heavy (non-hydrogen) atoms. The summed E-state index contributed by atoms with van der Waals surface area (Å²) in [5, 5.41) is 20.9. The first-order chi connectivity index (χ1) is 15.7. The third-order valence-electron chi connectivity index (χ3n) is 6.25. The van der Waals surface area contributed by atoms with Crippen molar-refractivity contribution in [2.45, 2.75) is 44.4 Å². The molecule has 0 radical (unpaired) electrons. The predicted octanol–water partition coefficient (Wildman–Crippen LogP) is 4.02. The zero-order chi connectivity index (χ0) is 22.3. The highest BCUT2D eigenvalue weighted by Gasteiger charge is 2.22. The Hall–Kier alpha value is -3.15. The molecule has 2 aromatic rings. The number of likely N-dealkylation sites (tertiary alicyclic amines) is 1. The van der Waals surface area contributed by atoms with Crippen molar-refractivity contribution in [3.8, 4) is 12.1 Å². The minimum absolute atomic E-state index is 0.0104. The number of aliphatic hydroxyl groups is 1. The Kier molecular flexibility index (Phi) is 7.20. The molecule has 1 aromatic carbocycles. The number of allylic oxidation sites excluding steroid dienone is 2. The lowest BCUT2D eigenvalue weighted by Crippen LogP contribution is -2.34. The Bertz CT molecular complexity index is 1010. The van der Waals surface area contributed by atoms with Crippen LogP contribution in [0.25, 0.3) is 5.57 Å². The number of β-amino-alcohol motifs (C(OH)–C–C–N with tert-alkyl or cyclic N) is 1. The summed E-state index contributed by atoms with van der Waals surface area (Å²) in [7, 11) is 0. The maximum atomic E-state index is 12.5. The third-order valence-corrected chi connectivity index (χ3v) is 6.25. The molecule has 0 unspecified atom stereocenters. The number of hydrogen-bond acceptors (Lipinski definition) is 6. The van der Waals surface area contributed by atoms with Gasteiger partial charge in [-0.15, -0.1) is 0 Å². The van der Waals surface area contributed by atoms with E-state index in [9.17, 15) is 9.90 Å². The van der Waals surface area contributed by atoms with Gasteiger partial charge in [-0.2, -0.15) is 5.26 Å². The molecular formula is C24H29N5O3. The molecule has 2 heterocycles. The number of anilines is 1. The van der Waals surface area contributed by atoms with Crippen LogP contribution in [-0.4, -0.2) is 52.3 Å². The maximum absolute atomic E-state index is 12.5. The van der Waals surface area contributed by atoms with Gasteiger partial charge in [0, 0.05) is 12.1 Å². The number of nitrogens with zero attached hydrogens (tertiary/aromatic N) is 3. The third kappa shape index (κ3) is 5.36. The van der Waals surface area contributed by atoms with Gasteiger partial charge < -0.3 is 14.7 Å². The van der Waals surface area contributed by atoms with Crippen molar-refractivity contribution in [1.29, 1.82) is 5.26 Å². The summed E-state index contributed by atoms with van der Waals surface area (Å²) >= 11 is 0. The molecule has 0 atom stereocenters. The number of ether oxygens (including phenoxy) is 1. The standard InChI is InChI=1S/C24H29N5O3/c25-15-20-16-26-23(27-20)32-24(31)28-22-7-6-19(14-21(22)18-4-2-1-3-5-18)17-8-10-29(11-9-17)12-13-30/h4,6-7,14,16-17,30H,1-3,5,8-13H2,(H,26,27)(H,28,31). The van der Waals surface area contributed by atoms with Gasteiger partial charge in [-0.05, 0) is 80.8 Å². The Morgan fingerprint density at radius 1 is 1.34 bits per heavy atom. The van der Waals surface area contributed by atoms with Crippen molar-refractivity contribution in [3.05, 3.63) is 47.3 Å². The number of hydrogen-bond donors (Lipinski definition) is 3. The van der Waals surface area contributed by atoms with Crippen molar-refractivity contribution in [2.24, 2.45) is 0 Å². The van der Waals surface area contributed by atoms with Crippen molar-refractivity contribution >= 4 is 17.4 Å². The van der Waals surface area contributed by atoms with E-state index in [1.807, 2.05) is 12.1 Å². The quantitative estimate of drug-likeness (QED) is 0.631. The first-order valence-corrected chi connectivity index (χ1v) is 11.3. The average molecular weight is 436 g/mol. The van der Waals surface area contributed by atoms with Gasteiger partial charge in [0.25, 0.3) is 0 Å². The average Bonchev–Trinajstić information content (AvgIpc) is 3.28. The lowest BCUT2D eigenvalue weighted by molar-refractivity contribution is 0.164. The first kappa shape index (κ1) is 22.1. The van der Waals surface area contributed by atoms with Crippen LogP contribution >= 0.6 is 0 Å². The maximum Gasteiger partial charge on any atom is 0.419 e. The van der Waals surface area contributed by atoms with Crippen molar-refractivity contribution < 1.29 is 14.6 Å². The molecule has 168 valence electrons. The monoisotopic (exact) mass is 435 g/mol. The number of aromatic nitrogens is 2. The number of aliphatic hydroxyl groups excluding tert-OH is 1. The number of carbonyl (C=O) groups excluding carboxylic acids is 1. The second kappa shape index (κ2) is 10.4. The van der Waals surface area contributed by atoms with Gasteiger partial charge in [0.1, 0.15) is 11.8 Å². The van der Waals surface area contributed by atoms with E-state index in [1.54, 1.807) is 0 Å². The summed E-state index contributed by atoms with van der Waals surface area (Å²) in [5.41, 5.74) is 4.55. The Morgan fingerprint density at radius 2 is 2.19 bits per heavy atom.